The smallest absolute Gasteiger partial charge is 0.490 e. The lowest BCUT2D eigenvalue weighted by Gasteiger charge is -2.10. The molecule has 0 fully saturated rings. The first-order chi connectivity index (χ1) is 7.00. The molecule has 0 atom stereocenters. The molecule has 2 N–H and O–H groups in total. The highest BCUT2D eigenvalue weighted by molar-refractivity contribution is 6.59. The summed E-state index contributed by atoms with van der Waals surface area (Å²) < 4.78 is 18.0. The largest absolute Gasteiger partial charge is 0.492 e. The van der Waals surface area contributed by atoms with Crippen molar-refractivity contribution in [3.63, 3.8) is 0 Å². The van der Waals surface area contributed by atoms with Gasteiger partial charge < -0.3 is 14.8 Å². The third kappa shape index (κ3) is 3.38. The van der Waals surface area contributed by atoms with E-state index in [1.807, 2.05) is 0 Å². The molecular formula is C10H12BFO3. The molecule has 0 saturated heterocycles. The lowest BCUT2D eigenvalue weighted by molar-refractivity contribution is 0.351. The third-order valence-corrected chi connectivity index (χ3v) is 1.72. The van der Waals surface area contributed by atoms with Crippen LogP contribution in [0.3, 0.4) is 0 Å². The molecular weight excluding hydrogens is 198 g/mol. The van der Waals surface area contributed by atoms with E-state index in [9.17, 15) is 4.39 Å². The molecule has 0 aromatic heterocycles. The van der Waals surface area contributed by atoms with Crippen molar-refractivity contribution in [2.24, 2.45) is 0 Å². The van der Waals surface area contributed by atoms with Crippen LogP contribution in [0.25, 0.3) is 0 Å². The van der Waals surface area contributed by atoms with Crippen molar-refractivity contribution in [2.75, 3.05) is 6.61 Å². The Morgan fingerprint density at radius 3 is 2.73 bits per heavy atom. The molecule has 15 heavy (non-hydrogen) atoms. The van der Waals surface area contributed by atoms with Crippen molar-refractivity contribution < 1.29 is 19.2 Å². The zero-order valence-corrected chi connectivity index (χ0v) is 8.40. The van der Waals surface area contributed by atoms with Gasteiger partial charge in [0.2, 0.25) is 0 Å². The van der Waals surface area contributed by atoms with E-state index in [-0.39, 0.29) is 17.8 Å². The number of hydrogen-bond donors (Lipinski definition) is 2. The lowest BCUT2D eigenvalue weighted by atomic mass is 9.79. The third-order valence-electron chi connectivity index (χ3n) is 1.72. The molecule has 1 aromatic rings. The average molecular weight is 210 g/mol. The van der Waals surface area contributed by atoms with E-state index in [4.69, 9.17) is 14.8 Å². The quantitative estimate of drug-likeness (QED) is 0.560. The van der Waals surface area contributed by atoms with Gasteiger partial charge in [-0.3, -0.25) is 0 Å². The second kappa shape index (κ2) is 4.95. The topological polar surface area (TPSA) is 49.7 Å². The maximum atomic E-state index is 12.8. The highest BCUT2D eigenvalue weighted by atomic mass is 19.1. The monoisotopic (exact) mass is 210 g/mol. The number of rotatable bonds is 4. The molecule has 3 nitrogen and oxygen atoms in total. The molecule has 0 heterocycles. The van der Waals surface area contributed by atoms with Crippen molar-refractivity contribution >= 4 is 12.6 Å². The highest BCUT2D eigenvalue weighted by Crippen LogP contribution is 2.10. The fourth-order valence-electron chi connectivity index (χ4n) is 1.05. The molecule has 0 saturated carbocycles. The summed E-state index contributed by atoms with van der Waals surface area (Å²) in [5, 5.41) is 18.0. The van der Waals surface area contributed by atoms with Gasteiger partial charge in [-0.1, -0.05) is 6.58 Å². The van der Waals surface area contributed by atoms with Crippen LogP contribution in [-0.4, -0.2) is 23.8 Å². The van der Waals surface area contributed by atoms with E-state index < -0.39 is 12.9 Å². The fourth-order valence-corrected chi connectivity index (χ4v) is 1.05. The first kappa shape index (κ1) is 11.7. The van der Waals surface area contributed by atoms with E-state index in [1.165, 1.54) is 12.1 Å². The van der Waals surface area contributed by atoms with Crippen molar-refractivity contribution in [2.45, 2.75) is 6.92 Å². The van der Waals surface area contributed by atoms with Gasteiger partial charge in [-0.05, 0) is 30.7 Å². The Hall–Kier alpha value is -1.33. The van der Waals surface area contributed by atoms with Gasteiger partial charge in [-0.2, -0.15) is 0 Å². The molecule has 0 aliphatic rings. The summed E-state index contributed by atoms with van der Waals surface area (Å²) in [6.45, 7) is 5.67. The van der Waals surface area contributed by atoms with Gasteiger partial charge in [0.1, 0.15) is 18.2 Å². The van der Waals surface area contributed by atoms with Crippen molar-refractivity contribution in [1.82, 2.24) is 0 Å². The summed E-state index contributed by atoms with van der Waals surface area (Å²) in [4.78, 5) is 0. The van der Waals surface area contributed by atoms with E-state index >= 15 is 0 Å². The van der Waals surface area contributed by atoms with Gasteiger partial charge in [0.15, 0.2) is 0 Å². The van der Waals surface area contributed by atoms with Gasteiger partial charge in [0, 0.05) is 5.46 Å². The maximum Gasteiger partial charge on any atom is 0.492 e. The van der Waals surface area contributed by atoms with Crippen LogP contribution in [0.1, 0.15) is 6.92 Å². The molecule has 1 aromatic carbocycles. The summed E-state index contributed by atoms with van der Waals surface area (Å²) in [5.41, 5.74) is 0.800. The summed E-state index contributed by atoms with van der Waals surface area (Å²) in [6.07, 6.45) is 0. The van der Waals surface area contributed by atoms with E-state index in [2.05, 4.69) is 6.58 Å². The van der Waals surface area contributed by atoms with Crippen molar-refractivity contribution in [3.8, 4) is 5.75 Å². The molecule has 0 aliphatic carbocycles. The van der Waals surface area contributed by atoms with E-state index in [0.717, 1.165) is 11.6 Å². The highest BCUT2D eigenvalue weighted by Gasteiger charge is 2.17. The fraction of sp³-hybridized carbons (Fsp3) is 0.200. The molecule has 0 amide bonds. The maximum absolute atomic E-state index is 12.8. The zero-order chi connectivity index (χ0) is 11.4. The summed E-state index contributed by atoms with van der Waals surface area (Å²) in [6, 6.07) is 3.57. The Bertz CT molecular complexity index is 366. The Morgan fingerprint density at radius 1 is 1.53 bits per heavy atom. The molecule has 0 radical (unpaired) electrons. The molecule has 0 unspecified atom stereocenters. The van der Waals surface area contributed by atoms with Gasteiger partial charge in [0.05, 0.1) is 0 Å². The zero-order valence-electron chi connectivity index (χ0n) is 8.40. The van der Waals surface area contributed by atoms with Crippen LogP contribution in [0, 0.1) is 5.82 Å². The normalized spacial score (nSPS) is 9.87. The van der Waals surface area contributed by atoms with Crippen molar-refractivity contribution in [1.29, 1.82) is 0 Å². The number of ether oxygens (including phenoxy) is 1. The summed E-state index contributed by atoms with van der Waals surface area (Å²) >= 11 is 0. The van der Waals surface area contributed by atoms with Crippen LogP contribution in [-0.2, 0) is 0 Å². The first-order valence-corrected chi connectivity index (χ1v) is 4.43. The van der Waals surface area contributed by atoms with Gasteiger partial charge in [-0.25, -0.2) is 4.39 Å². The number of hydrogen-bond acceptors (Lipinski definition) is 3. The van der Waals surface area contributed by atoms with Gasteiger partial charge >= 0.3 is 7.12 Å². The second-order valence-corrected chi connectivity index (χ2v) is 3.30. The SMILES string of the molecule is C=C(C)COc1ccc(F)cc1B(O)O. The Morgan fingerprint density at radius 2 is 2.20 bits per heavy atom. The van der Waals surface area contributed by atoms with E-state index in [0.29, 0.717) is 0 Å². The lowest BCUT2D eigenvalue weighted by Crippen LogP contribution is -2.32. The van der Waals surface area contributed by atoms with Crippen LogP contribution in [0.15, 0.2) is 30.4 Å². The van der Waals surface area contributed by atoms with Crippen LogP contribution in [0.2, 0.25) is 0 Å². The minimum atomic E-state index is -1.75. The molecule has 0 spiro atoms. The average Bonchev–Trinajstić information content (AvgIpc) is 2.15. The number of halogens is 1. The van der Waals surface area contributed by atoms with Crippen molar-refractivity contribution in [3.05, 3.63) is 36.2 Å². The minimum Gasteiger partial charge on any atom is -0.490 e. The van der Waals surface area contributed by atoms with Gasteiger partial charge in [0.25, 0.3) is 0 Å². The second-order valence-electron chi connectivity index (χ2n) is 3.30. The molecule has 1 rings (SSSR count). The predicted molar refractivity (Wildman–Crippen MR) is 56.5 cm³/mol. The Kier molecular flexibility index (Phi) is 3.88. The predicted octanol–water partition coefficient (Wildman–Crippen LogP) is 0.460. The summed E-state index contributed by atoms with van der Waals surface area (Å²) in [7, 11) is -1.75. The van der Waals surface area contributed by atoms with Crippen LogP contribution >= 0.6 is 0 Å². The molecule has 5 heteroatoms. The Balaban J connectivity index is 2.90. The molecule has 0 aliphatic heterocycles. The first-order valence-electron chi connectivity index (χ1n) is 4.43. The molecule has 0 bridgehead atoms. The van der Waals surface area contributed by atoms with Crippen LogP contribution < -0.4 is 10.2 Å². The number of benzene rings is 1. The van der Waals surface area contributed by atoms with Crippen LogP contribution in [0.4, 0.5) is 4.39 Å². The molecule has 80 valence electrons. The summed E-state index contributed by atoms with van der Waals surface area (Å²) in [5.74, 6) is -0.296. The Labute approximate surface area is 88.0 Å². The van der Waals surface area contributed by atoms with Gasteiger partial charge in [-0.15, -0.1) is 0 Å². The van der Waals surface area contributed by atoms with E-state index in [1.54, 1.807) is 6.92 Å². The standard InChI is InChI=1S/C10H12BFO3/c1-7(2)6-15-10-4-3-8(12)5-9(10)11(13)14/h3-5,13-14H,1,6H2,2H3. The van der Waals surface area contributed by atoms with Crippen LogP contribution in [0.5, 0.6) is 5.75 Å². The minimum absolute atomic E-state index is 0.0104.